The fourth-order valence-corrected chi connectivity index (χ4v) is 8.23. The topological polar surface area (TPSA) is 117 Å². The van der Waals surface area contributed by atoms with E-state index in [1.54, 1.807) is 0 Å². The summed E-state index contributed by atoms with van der Waals surface area (Å²) in [6.07, 6.45) is 52.5. The molecule has 346 valence electrons. The van der Waals surface area contributed by atoms with Crippen LogP contribution in [0.1, 0.15) is 258 Å². The summed E-state index contributed by atoms with van der Waals surface area (Å²) in [4.78, 5) is 22.6. The Hall–Kier alpha value is -0.760. The first-order chi connectivity index (χ1) is 28.4. The van der Waals surface area contributed by atoms with Crippen LogP contribution < -0.4 is 5.73 Å². The third kappa shape index (κ3) is 46.3. The molecule has 0 fully saturated rings. The Labute approximate surface area is 360 Å². The Balaban J connectivity index is 3.85. The number of hydrogen-bond donors (Lipinski definition) is 2. The number of phosphoric ester groups is 1. The van der Waals surface area contributed by atoms with Crippen molar-refractivity contribution < 1.29 is 32.8 Å². The fourth-order valence-electron chi connectivity index (χ4n) is 7.46. The minimum absolute atomic E-state index is 0.0931. The van der Waals surface area contributed by atoms with Crippen LogP contribution in [0.15, 0.2) is 12.2 Å². The number of phosphoric acid groups is 1. The van der Waals surface area contributed by atoms with Gasteiger partial charge in [-0.3, -0.25) is 13.8 Å². The number of nitrogens with two attached hydrogens (primary N) is 1. The van der Waals surface area contributed by atoms with Gasteiger partial charge in [-0.15, -0.1) is 0 Å². The summed E-state index contributed by atoms with van der Waals surface area (Å²) in [5.74, 6) is -0.326. The van der Waals surface area contributed by atoms with E-state index < -0.39 is 13.9 Å². The molecule has 0 saturated heterocycles. The summed E-state index contributed by atoms with van der Waals surface area (Å²) in [5.41, 5.74) is 5.38. The molecule has 58 heavy (non-hydrogen) atoms. The molecule has 0 saturated carbocycles. The van der Waals surface area contributed by atoms with Crippen LogP contribution in [0.3, 0.4) is 0 Å². The third-order valence-corrected chi connectivity index (χ3v) is 12.2. The molecule has 0 aliphatic heterocycles. The Kier molecular flexibility index (Phi) is 46.7. The Morgan fingerprint density at radius 1 is 0.500 bits per heavy atom. The molecule has 0 aromatic heterocycles. The van der Waals surface area contributed by atoms with Crippen molar-refractivity contribution in [3.8, 4) is 0 Å². The predicted molar refractivity (Wildman–Crippen MR) is 247 cm³/mol. The monoisotopic (exact) mass is 844 g/mol. The molecule has 0 aliphatic rings. The van der Waals surface area contributed by atoms with E-state index in [0.717, 1.165) is 32.1 Å². The van der Waals surface area contributed by atoms with Crippen molar-refractivity contribution in [3.05, 3.63) is 12.2 Å². The highest BCUT2D eigenvalue weighted by Gasteiger charge is 2.25. The van der Waals surface area contributed by atoms with Crippen LogP contribution in [-0.4, -0.2) is 49.9 Å². The van der Waals surface area contributed by atoms with Gasteiger partial charge in [0.2, 0.25) is 0 Å². The van der Waals surface area contributed by atoms with Gasteiger partial charge in [-0.25, -0.2) is 4.57 Å². The van der Waals surface area contributed by atoms with Gasteiger partial charge in [-0.2, -0.15) is 0 Å². The van der Waals surface area contributed by atoms with Crippen LogP contribution in [0.25, 0.3) is 0 Å². The minimum atomic E-state index is -4.28. The maximum absolute atomic E-state index is 12.6. The van der Waals surface area contributed by atoms with E-state index in [4.69, 9.17) is 24.3 Å². The number of allylic oxidation sites excluding steroid dienone is 2. The number of rotatable bonds is 49. The summed E-state index contributed by atoms with van der Waals surface area (Å²) in [6.45, 7) is 4.95. The van der Waals surface area contributed by atoms with Gasteiger partial charge in [0.1, 0.15) is 6.10 Å². The molecule has 2 atom stereocenters. The normalized spacial score (nSPS) is 13.4. The molecular weight excluding hydrogens is 746 g/mol. The number of carbonyl (C=O) groups is 1. The number of hydrogen-bond acceptors (Lipinski definition) is 7. The molecular formula is C49H98NO7P. The summed E-state index contributed by atoms with van der Waals surface area (Å²) < 4.78 is 33.5. The van der Waals surface area contributed by atoms with Crippen molar-refractivity contribution in [1.29, 1.82) is 0 Å². The van der Waals surface area contributed by atoms with E-state index in [0.29, 0.717) is 13.0 Å². The first-order valence-corrected chi connectivity index (χ1v) is 26.7. The van der Waals surface area contributed by atoms with E-state index in [1.165, 1.54) is 205 Å². The largest absolute Gasteiger partial charge is 0.472 e. The lowest BCUT2D eigenvalue weighted by molar-refractivity contribution is -0.154. The van der Waals surface area contributed by atoms with Crippen LogP contribution in [0.5, 0.6) is 0 Å². The molecule has 3 N–H and O–H groups in total. The van der Waals surface area contributed by atoms with Crippen LogP contribution in [0.2, 0.25) is 0 Å². The van der Waals surface area contributed by atoms with E-state index in [2.05, 4.69) is 26.0 Å². The smallest absolute Gasteiger partial charge is 0.457 e. The zero-order valence-corrected chi connectivity index (χ0v) is 39.5. The second kappa shape index (κ2) is 47.3. The van der Waals surface area contributed by atoms with Crippen LogP contribution >= 0.6 is 7.82 Å². The zero-order chi connectivity index (χ0) is 42.3. The predicted octanol–water partition coefficient (Wildman–Crippen LogP) is 15.4. The minimum Gasteiger partial charge on any atom is -0.457 e. The Morgan fingerprint density at radius 2 is 0.862 bits per heavy atom. The van der Waals surface area contributed by atoms with Gasteiger partial charge < -0.3 is 20.1 Å². The van der Waals surface area contributed by atoms with Crippen LogP contribution in [-0.2, 0) is 27.9 Å². The maximum Gasteiger partial charge on any atom is 0.472 e. The molecule has 0 aromatic carbocycles. The molecule has 0 aromatic rings. The maximum atomic E-state index is 12.6. The average molecular weight is 844 g/mol. The number of ether oxygens (including phenoxy) is 2. The molecule has 2 unspecified atom stereocenters. The van der Waals surface area contributed by atoms with Gasteiger partial charge >= 0.3 is 13.8 Å². The Morgan fingerprint density at radius 3 is 1.28 bits per heavy atom. The highest BCUT2D eigenvalue weighted by Crippen LogP contribution is 2.43. The van der Waals surface area contributed by atoms with Gasteiger partial charge in [-0.05, 0) is 38.5 Å². The average Bonchev–Trinajstić information content (AvgIpc) is 3.21. The summed E-state index contributed by atoms with van der Waals surface area (Å²) >= 11 is 0. The van der Waals surface area contributed by atoms with E-state index in [9.17, 15) is 14.3 Å². The lowest BCUT2D eigenvalue weighted by atomic mass is 10.0. The quantitative estimate of drug-likeness (QED) is 0.0269. The van der Waals surface area contributed by atoms with Gasteiger partial charge in [0.25, 0.3) is 0 Å². The second-order valence-corrected chi connectivity index (χ2v) is 18.5. The molecule has 0 spiro atoms. The van der Waals surface area contributed by atoms with Crippen molar-refractivity contribution in [2.24, 2.45) is 5.73 Å². The van der Waals surface area contributed by atoms with E-state index in [-0.39, 0.29) is 32.3 Å². The van der Waals surface area contributed by atoms with Gasteiger partial charge in [0.05, 0.1) is 19.8 Å². The van der Waals surface area contributed by atoms with Gasteiger partial charge in [0.15, 0.2) is 0 Å². The van der Waals surface area contributed by atoms with Crippen molar-refractivity contribution in [3.63, 3.8) is 0 Å². The molecule has 0 heterocycles. The SMILES string of the molecule is CCCCCC/C=C\CCCCCCCCOCC(COP(=O)(O)OCCN)OC(=O)CCCCCCCCCCCCCCCCCCCCCCCCCCC. The fraction of sp³-hybridized carbons (Fsp3) is 0.939. The lowest BCUT2D eigenvalue weighted by Gasteiger charge is -2.20. The number of carbonyl (C=O) groups excluding carboxylic acids is 1. The van der Waals surface area contributed by atoms with Gasteiger partial charge in [0, 0.05) is 19.6 Å². The summed E-state index contributed by atoms with van der Waals surface area (Å²) in [5, 5.41) is 0. The van der Waals surface area contributed by atoms with Crippen LogP contribution in [0.4, 0.5) is 0 Å². The molecule has 0 amide bonds. The first kappa shape index (κ1) is 57.2. The van der Waals surface area contributed by atoms with Crippen molar-refractivity contribution >= 4 is 13.8 Å². The summed E-state index contributed by atoms with van der Waals surface area (Å²) in [6, 6.07) is 0. The van der Waals surface area contributed by atoms with Crippen molar-refractivity contribution in [2.75, 3.05) is 33.0 Å². The molecule has 0 rings (SSSR count). The van der Waals surface area contributed by atoms with Crippen molar-refractivity contribution in [1.82, 2.24) is 0 Å². The first-order valence-electron chi connectivity index (χ1n) is 25.2. The Bertz CT molecular complexity index is 904. The van der Waals surface area contributed by atoms with Crippen LogP contribution in [0, 0.1) is 0 Å². The number of esters is 1. The van der Waals surface area contributed by atoms with Gasteiger partial charge in [-0.1, -0.05) is 225 Å². The highest BCUT2D eigenvalue weighted by atomic mass is 31.2. The van der Waals surface area contributed by atoms with E-state index >= 15 is 0 Å². The molecule has 9 heteroatoms. The molecule has 0 radical (unpaired) electrons. The lowest BCUT2D eigenvalue weighted by Crippen LogP contribution is -2.28. The molecule has 0 bridgehead atoms. The molecule has 0 aliphatic carbocycles. The molecule has 8 nitrogen and oxygen atoms in total. The summed E-state index contributed by atoms with van der Waals surface area (Å²) in [7, 11) is -4.28. The van der Waals surface area contributed by atoms with Crippen molar-refractivity contribution in [2.45, 2.75) is 264 Å². The standard InChI is InChI=1S/C49H98NO7P/c1-3-5-7-9-11-13-15-17-19-20-21-22-23-24-25-26-27-28-29-30-32-34-36-38-40-42-49(51)57-48(47-56-58(52,53)55-45-43-50)46-54-44-41-39-37-35-33-31-18-16-14-12-10-8-6-4-2/h14,16,48H,3-13,15,17-47,50H2,1-2H3,(H,52,53)/b16-14-. The van der Waals surface area contributed by atoms with E-state index in [1.807, 2.05) is 0 Å². The second-order valence-electron chi connectivity index (χ2n) is 17.0. The third-order valence-electron chi connectivity index (χ3n) is 11.2. The number of unbranched alkanes of at least 4 members (excludes halogenated alkanes) is 34. The zero-order valence-electron chi connectivity index (χ0n) is 38.6. The highest BCUT2D eigenvalue weighted by molar-refractivity contribution is 7.47.